The van der Waals surface area contributed by atoms with Crippen molar-refractivity contribution in [3.05, 3.63) is 95.3 Å². The number of aromatic carboxylic acids is 1. The van der Waals surface area contributed by atoms with E-state index in [-0.39, 0.29) is 21.0 Å². The molecule has 0 unspecified atom stereocenters. The van der Waals surface area contributed by atoms with E-state index >= 15 is 0 Å². The molecule has 0 radical (unpaired) electrons. The maximum atomic E-state index is 13.8. The first kappa shape index (κ1) is 23.7. The van der Waals surface area contributed by atoms with E-state index in [4.69, 9.17) is 0 Å². The number of benzene rings is 3. The Labute approximate surface area is 195 Å². The van der Waals surface area contributed by atoms with E-state index in [2.05, 4.69) is 0 Å². The molecular formula is C23H15F4NO4S2. The number of carboxylic acids is 1. The van der Waals surface area contributed by atoms with Crippen molar-refractivity contribution in [3.8, 4) is 0 Å². The van der Waals surface area contributed by atoms with Gasteiger partial charge in [0.2, 0.25) is 0 Å². The minimum Gasteiger partial charge on any atom is -0.478 e. The highest BCUT2D eigenvalue weighted by molar-refractivity contribution is 7.93. The fraction of sp³-hybridized carbons (Fsp3) is 0.0870. The van der Waals surface area contributed by atoms with Crippen molar-refractivity contribution in [3.63, 3.8) is 0 Å². The number of carboxylic acid groups (broad SMARTS) is 1. The summed E-state index contributed by atoms with van der Waals surface area (Å²) >= 11 is 1.10. The van der Waals surface area contributed by atoms with Gasteiger partial charge in [0.15, 0.2) is 0 Å². The van der Waals surface area contributed by atoms with Gasteiger partial charge in [-0.2, -0.15) is 13.2 Å². The van der Waals surface area contributed by atoms with Crippen LogP contribution in [0.25, 0.3) is 10.1 Å². The summed E-state index contributed by atoms with van der Waals surface area (Å²) < 4.78 is 82.2. The second kappa shape index (κ2) is 8.73. The number of halogens is 4. The van der Waals surface area contributed by atoms with Crippen molar-refractivity contribution < 1.29 is 35.9 Å². The Morgan fingerprint density at radius 1 is 0.971 bits per heavy atom. The zero-order valence-corrected chi connectivity index (χ0v) is 18.7. The highest BCUT2D eigenvalue weighted by Gasteiger charge is 2.35. The average Bonchev–Trinajstić information content (AvgIpc) is 3.21. The van der Waals surface area contributed by atoms with Crippen molar-refractivity contribution in [1.29, 1.82) is 0 Å². The summed E-state index contributed by atoms with van der Waals surface area (Å²) in [5.74, 6) is -2.81. The van der Waals surface area contributed by atoms with Crippen LogP contribution in [-0.2, 0) is 22.7 Å². The minimum absolute atomic E-state index is 0.0934. The number of anilines is 1. The van der Waals surface area contributed by atoms with Gasteiger partial charge in [0.25, 0.3) is 10.0 Å². The van der Waals surface area contributed by atoms with Gasteiger partial charge in [0.05, 0.1) is 22.6 Å². The molecule has 1 heterocycles. The van der Waals surface area contributed by atoms with Crippen molar-refractivity contribution in [1.82, 2.24) is 0 Å². The third-order valence-corrected chi connectivity index (χ3v) is 8.00. The van der Waals surface area contributed by atoms with E-state index in [9.17, 15) is 35.9 Å². The standard InChI is InChI=1S/C23H15F4NO4S2/c24-19-9-8-14(10-18(19)23(25,26)27)13-28(21-12-15-4-1-2-7-20(15)33-21)34(31,32)17-6-3-5-16(11-17)22(29)30/h1-12H,13H2,(H,29,30). The normalized spacial score (nSPS) is 12.1. The smallest absolute Gasteiger partial charge is 0.419 e. The summed E-state index contributed by atoms with van der Waals surface area (Å²) in [4.78, 5) is 11.0. The van der Waals surface area contributed by atoms with E-state index in [1.54, 1.807) is 30.3 Å². The number of hydrogen-bond acceptors (Lipinski definition) is 4. The average molecular weight is 510 g/mol. The molecule has 3 aromatic carbocycles. The zero-order valence-electron chi connectivity index (χ0n) is 17.1. The molecule has 1 aromatic heterocycles. The summed E-state index contributed by atoms with van der Waals surface area (Å²) in [6, 6.07) is 15.6. The molecule has 0 spiro atoms. The first-order valence-corrected chi connectivity index (χ1v) is 11.9. The van der Waals surface area contributed by atoms with Crippen LogP contribution in [0.15, 0.2) is 77.7 Å². The number of sulfonamides is 1. The Bertz CT molecular complexity index is 1460. The van der Waals surface area contributed by atoms with Gasteiger partial charge in [-0.25, -0.2) is 17.6 Å². The molecule has 0 fully saturated rings. The lowest BCUT2D eigenvalue weighted by atomic mass is 10.1. The second-order valence-electron chi connectivity index (χ2n) is 7.28. The molecule has 0 aliphatic carbocycles. The van der Waals surface area contributed by atoms with Crippen LogP contribution in [0.5, 0.6) is 0 Å². The fourth-order valence-electron chi connectivity index (χ4n) is 3.34. The third-order valence-electron chi connectivity index (χ3n) is 4.99. The van der Waals surface area contributed by atoms with Gasteiger partial charge >= 0.3 is 12.1 Å². The van der Waals surface area contributed by atoms with Crippen molar-refractivity contribution in [2.24, 2.45) is 0 Å². The zero-order chi connectivity index (χ0) is 24.7. The van der Waals surface area contributed by atoms with Crippen molar-refractivity contribution in [2.45, 2.75) is 17.6 Å². The van der Waals surface area contributed by atoms with Gasteiger partial charge in [-0.3, -0.25) is 4.31 Å². The molecule has 5 nitrogen and oxygen atoms in total. The molecule has 4 aromatic rings. The lowest BCUT2D eigenvalue weighted by Gasteiger charge is -2.23. The summed E-state index contributed by atoms with van der Waals surface area (Å²) in [6.45, 7) is -0.532. The summed E-state index contributed by atoms with van der Waals surface area (Å²) in [7, 11) is -4.41. The predicted molar refractivity (Wildman–Crippen MR) is 120 cm³/mol. The Hall–Kier alpha value is -3.44. The number of nitrogens with zero attached hydrogens (tertiary/aromatic N) is 1. The molecule has 0 saturated carbocycles. The Morgan fingerprint density at radius 3 is 2.38 bits per heavy atom. The van der Waals surface area contributed by atoms with E-state index in [0.29, 0.717) is 12.1 Å². The minimum atomic E-state index is -4.96. The predicted octanol–water partition coefficient (Wildman–Crippen LogP) is 6.15. The van der Waals surface area contributed by atoms with E-state index < -0.39 is 40.1 Å². The Balaban J connectivity index is 1.86. The van der Waals surface area contributed by atoms with E-state index in [0.717, 1.165) is 37.9 Å². The van der Waals surface area contributed by atoms with Gasteiger partial charge in [0, 0.05) is 4.70 Å². The van der Waals surface area contributed by atoms with Crippen LogP contribution in [0.1, 0.15) is 21.5 Å². The molecule has 0 atom stereocenters. The van der Waals surface area contributed by atoms with Gasteiger partial charge in [-0.05, 0) is 53.4 Å². The van der Waals surface area contributed by atoms with Crippen molar-refractivity contribution in [2.75, 3.05) is 4.31 Å². The molecule has 0 aliphatic rings. The van der Waals surface area contributed by atoms with Crippen LogP contribution < -0.4 is 4.31 Å². The first-order valence-electron chi connectivity index (χ1n) is 9.67. The van der Waals surface area contributed by atoms with Gasteiger partial charge in [-0.1, -0.05) is 30.3 Å². The number of carbonyl (C=O) groups is 1. The molecule has 0 bridgehead atoms. The SMILES string of the molecule is O=C(O)c1cccc(S(=O)(=O)N(Cc2ccc(F)c(C(F)(F)F)c2)c2cc3ccccc3s2)c1. The van der Waals surface area contributed by atoms with Crippen LogP contribution in [0.2, 0.25) is 0 Å². The maximum Gasteiger partial charge on any atom is 0.419 e. The lowest BCUT2D eigenvalue weighted by molar-refractivity contribution is -0.140. The molecule has 11 heteroatoms. The largest absolute Gasteiger partial charge is 0.478 e. The molecule has 0 aliphatic heterocycles. The van der Waals surface area contributed by atoms with Crippen LogP contribution in [0.3, 0.4) is 0 Å². The van der Waals surface area contributed by atoms with Gasteiger partial charge < -0.3 is 5.11 Å². The Morgan fingerprint density at radius 2 is 1.71 bits per heavy atom. The van der Waals surface area contributed by atoms with Crippen LogP contribution in [-0.4, -0.2) is 19.5 Å². The monoisotopic (exact) mass is 509 g/mol. The third kappa shape index (κ3) is 4.62. The summed E-state index contributed by atoms with van der Waals surface area (Å²) in [5, 5.41) is 10.2. The van der Waals surface area contributed by atoms with Gasteiger partial charge in [-0.15, -0.1) is 11.3 Å². The van der Waals surface area contributed by atoms with Crippen LogP contribution >= 0.6 is 11.3 Å². The van der Waals surface area contributed by atoms with Crippen LogP contribution in [0.4, 0.5) is 22.6 Å². The number of alkyl halides is 3. The quantitative estimate of drug-likeness (QED) is 0.316. The van der Waals surface area contributed by atoms with E-state index in [1.807, 2.05) is 0 Å². The van der Waals surface area contributed by atoms with Crippen LogP contribution in [0, 0.1) is 5.82 Å². The molecule has 0 saturated heterocycles. The lowest BCUT2D eigenvalue weighted by Crippen LogP contribution is -2.30. The maximum absolute atomic E-state index is 13.8. The highest BCUT2D eigenvalue weighted by atomic mass is 32.2. The van der Waals surface area contributed by atoms with Crippen molar-refractivity contribution >= 4 is 42.4 Å². The molecular weight excluding hydrogens is 494 g/mol. The second-order valence-corrected chi connectivity index (χ2v) is 10.2. The highest BCUT2D eigenvalue weighted by Crippen LogP contribution is 2.38. The Kier molecular flexibility index (Phi) is 6.09. The summed E-state index contributed by atoms with van der Waals surface area (Å²) in [5.41, 5.74) is -1.87. The first-order chi connectivity index (χ1) is 16.0. The number of hydrogen-bond donors (Lipinski definition) is 1. The van der Waals surface area contributed by atoms with Gasteiger partial charge in [0.1, 0.15) is 10.8 Å². The molecule has 4 rings (SSSR count). The molecule has 1 N–H and O–H groups in total. The summed E-state index contributed by atoms with van der Waals surface area (Å²) in [6.07, 6.45) is -4.96. The number of rotatable bonds is 6. The molecule has 34 heavy (non-hydrogen) atoms. The molecule has 176 valence electrons. The fourth-order valence-corrected chi connectivity index (χ4v) is 6.11. The molecule has 0 amide bonds. The number of fused-ring (bicyclic) bond motifs is 1. The topological polar surface area (TPSA) is 74.7 Å². The number of thiophene rings is 1. The van der Waals surface area contributed by atoms with E-state index in [1.165, 1.54) is 18.2 Å².